The molecule has 20 heavy (non-hydrogen) atoms. The minimum absolute atomic E-state index is 0.0122. The van der Waals surface area contributed by atoms with Crippen LogP contribution in [0.1, 0.15) is 5.69 Å². The number of rotatable bonds is 4. The number of aromatic nitrogens is 1. The highest BCUT2D eigenvalue weighted by molar-refractivity contribution is 5.57. The van der Waals surface area contributed by atoms with Gasteiger partial charge in [-0.25, -0.2) is 4.39 Å². The Kier molecular flexibility index (Phi) is 3.97. The second kappa shape index (κ2) is 5.68. The van der Waals surface area contributed by atoms with Crippen LogP contribution >= 0.6 is 0 Å². The highest BCUT2D eigenvalue weighted by atomic mass is 19.3. The van der Waals surface area contributed by atoms with Crippen molar-refractivity contribution in [2.75, 3.05) is 5.73 Å². The average molecular weight is 284 g/mol. The van der Waals surface area contributed by atoms with Gasteiger partial charge in [0.2, 0.25) is 0 Å². The van der Waals surface area contributed by atoms with E-state index in [4.69, 9.17) is 10.5 Å². The number of benzene rings is 1. The first-order valence-corrected chi connectivity index (χ1v) is 5.60. The molecular formula is C13H11F3N2O2. The molecule has 0 bridgehead atoms. The second-order valence-electron chi connectivity index (χ2n) is 3.89. The van der Waals surface area contributed by atoms with E-state index in [1.807, 2.05) is 0 Å². The summed E-state index contributed by atoms with van der Waals surface area (Å²) in [5.74, 6) is -1.23. The molecular weight excluding hydrogens is 273 g/mol. The molecule has 0 aliphatic carbocycles. The maximum atomic E-state index is 13.4. The first kappa shape index (κ1) is 14.0. The molecule has 106 valence electrons. The molecule has 1 aromatic heterocycles. The Morgan fingerprint density at radius 1 is 1.20 bits per heavy atom. The van der Waals surface area contributed by atoms with Gasteiger partial charge in [-0.1, -0.05) is 0 Å². The van der Waals surface area contributed by atoms with Gasteiger partial charge in [-0.3, -0.25) is 4.98 Å². The summed E-state index contributed by atoms with van der Waals surface area (Å²) >= 11 is 0. The zero-order valence-electron chi connectivity index (χ0n) is 10.4. The lowest BCUT2D eigenvalue weighted by Crippen LogP contribution is -2.05. The highest BCUT2D eigenvalue weighted by Gasteiger charge is 2.15. The van der Waals surface area contributed by atoms with E-state index in [9.17, 15) is 13.2 Å². The van der Waals surface area contributed by atoms with Gasteiger partial charge in [-0.05, 0) is 19.1 Å². The average Bonchev–Trinajstić information content (AvgIpc) is 2.37. The van der Waals surface area contributed by atoms with Crippen LogP contribution in [0.25, 0.3) is 0 Å². The third kappa shape index (κ3) is 3.11. The van der Waals surface area contributed by atoms with Crippen molar-refractivity contribution in [1.29, 1.82) is 0 Å². The summed E-state index contributed by atoms with van der Waals surface area (Å²) in [5.41, 5.74) is 6.13. The van der Waals surface area contributed by atoms with Crippen LogP contribution in [0, 0.1) is 12.7 Å². The Bertz CT molecular complexity index is 621. The van der Waals surface area contributed by atoms with E-state index in [0.717, 1.165) is 12.1 Å². The summed E-state index contributed by atoms with van der Waals surface area (Å²) in [6.45, 7) is -1.44. The van der Waals surface area contributed by atoms with Gasteiger partial charge < -0.3 is 15.2 Å². The fourth-order valence-electron chi connectivity index (χ4n) is 1.52. The fourth-order valence-corrected chi connectivity index (χ4v) is 1.52. The van der Waals surface area contributed by atoms with Crippen LogP contribution < -0.4 is 15.2 Å². The minimum Gasteiger partial charge on any atom is -0.453 e. The van der Waals surface area contributed by atoms with E-state index in [1.165, 1.54) is 0 Å². The fraction of sp³-hybridized carbons (Fsp3) is 0.154. The number of nitrogen functional groups attached to an aromatic ring is 1. The molecule has 0 atom stereocenters. The van der Waals surface area contributed by atoms with Crippen LogP contribution in [0.4, 0.5) is 18.9 Å². The Balaban J connectivity index is 2.34. The van der Waals surface area contributed by atoms with Crippen molar-refractivity contribution in [2.24, 2.45) is 0 Å². The molecule has 0 saturated heterocycles. The molecule has 0 spiro atoms. The Hall–Kier alpha value is -2.44. The molecule has 2 aromatic rings. The lowest BCUT2D eigenvalue weighted by atomic mass is 10.2. The third-order valence-electron chi connectivity index (χ3n) is 2.46. The molecule has 1 aromatic carbocycles. The van der Waals surface area contributed by atoms with Crippen molar-refractivity contribution in [3.63, 3.8) is 0 Å². The van der Waals surface area contributed by atoms with E-state index in [0.29, 0.717) is 11.4 Å². The van der Waals surface area contributed by atoms with Crippen molar-refractivity contribution < 1.29 is 22.6 Å². The van der Waals surface area contributed by atoms with E-state index in [-0.39, 0.29) is 11.4 Å². The number of nitrogens with two attached hydrogens (primary N) is 1. The summed E-state index contributed by atoms with van der Waals surface area (Å²) in [7, 11) is 0. The topological polar surface area (TPSA) is 57.4 Å². The number of hydrogen-bond donors (Lipinski definition) is 1. The summed E-state index contributed by atoms with van der Waals surface area (Å²) in [6.07, 6.45) is 1.57. The minimum atomic E-state index is -3.14. The van der Waals surface area contributed by atoms with Gasteiger partial charge in [-0.2, -0.15) is 8.78 Å². The molecule has 0 fully saturated rings. The van der Waals surface area contributed by atoms with Crippen molar-refractivity contribution in [2.45, 2.75) is 13.5 Å². The van der Waals surface area contributed by atoms with Crippen molar-refractivity contribution in [1.82, 2.24) is 4.98 Å². The monoisotopic (exact) mass is 284 g/mol. The summed E-state index contributed by atoms with van der Waals surface area (Å²) in [4.78, 5) is 4.00. The summed E-state index contributed by atoms with van der Waals surface area (Å²) in [6, 6.07) is 5.10. The Morgan fingerprint density at radius 2 is 1.95 bits per heavy atom. The van der Waals surface area contributed by atoms with Crippen LogP contribution in [0.15, 0.2) is 30.5 Å². The maximum absolute atomic E-state index is 13.4. The van der Waals surface area contributed by atoms with Crippen molar-refractivity contribution >= 4 is 5.69 Å². The van der Waals surface area contributed by atoms with Gasteiger partial charge in [-0.15, -0.1) is 0 Å². The van der Waals surface area contributed by atoms with Crippen LogP contribution in [0.5, 0.6) is 17.2 Å². The number of alkyl halides is 2. The standard InChI is InChI=1S/C13H11F3N2O2/c1-7-10(3-2-4-18-7)19-12-6-11(20-13(15)16)8(14)5-9(12)17/h2-6,13H,17H2,1H3. The molecule has 0 unspecified atom stereocenters. The summed E-state index contributed by atoms with van der Waals surface area (Å²) in [5, 5.41) is 0. The number of hydrogen-bond acceptors (Lipinski definition) is 4. The maximum Gasteiger partial charge on any atom is 0.387 e. The molecule has 1 heterocycles. The first-order valence-electron chi connectivity index (χ1n) is 5.60. The molecule has 0 aliphatic rings. The van der Waals surface area contributed by atoms with Crippen LogP contribution in [-0.4, -0.2) is 11.6 Å². The number of halogens is 3. The van der Waals surface area contributed by atoms with E-state index in [1.54, 1.807) is 25.3 Å². The molecule has 0 aliphatic heterocycles. The van der Waals surface area contributed by atoms with Gasteiger partial charge >= 0.3 is 6.61 Å². The smallest absolute Gasteiger partial charge is 0.387 e. The number of aryl methyl sites for hydroxylation is 1. The zero-order valence-corrected chi connectivity index (χ0v) is 10.4. The zero-order chi connectivity index (χ0) is 14.7. The van der Waals surface area contributed by atoms with Crippen LogP contribution in [0.2, 0.25) is 0 Å². The van der Waals surface area contributed by atoms with Crippen molar-refractivity contribution in [3.8, 4) is 17.2 Å². The SMILES string of the molecule is Cc1ncccc1Oc1cc(OC(F)F)c(F)cc1N. The highest BCUT2D eigenvalue weighted by Crippen LogP contribution is 2.34. The quantitative estimate of drug-likeness (QED) is 0.873. The van der Waals surface area contributed by atoms with E-state index < -0.39 is 18.2 Å². The van der Waals surface area contributed by atoms with Gasteiger partial charge in [0.15, 0.2) is 17.3 Å². The molecule has 2 N–H and O–H groups in total. The predicted molar refractivity (Wildman–Crippen MR) is 66.5 cm³/mol. The van der Waals surface area contributed by atoms with E-state index in [2.05, 4.69) is 9.72 Å². The molecule has 7 heteroatoms. The normalized spacial score (nSPS) is 10.7. The largest absolute Gasteiger partial charge is 0.453 e. The van der Waals surface area contributed by atoms with Crippen LogP contribution in [-0.2, 0) is 0 Å². The van der Waals surface area contributed by atoms with Crippen molar-refractivity contribution in [3.05, 3.63) is 42.0 Å². The van der Waals surface area contributed by atoms with Gasteiger partial charge in [0.25, 0.3) is 0 Å². The predicted octanol–water partition coefficient (Wildman–Crippen LogP) is 3.51. The van der Waals surface area contributed by atoms with E-state index >= 15 is 0 Å². The second-order valence-corrected chi connectivity index (χ2v) is 3.89. The van der Waals surface area contributed by atoms with Gasteiger partial charge in [0, 0.05) is 18.3 Å². The molecule has 0 amide bonds. The molecule has 0 radical (unpaired) electrons. The molecule has 2 rings (SSSR count). The lowest BCUT2D eigenvalue weighted by molar-refractivity contribution is -0.0522. The van der Waals surface area contributed by atoms with Gasteiger partial charge in [0.1, 0.15) is 5.75 Å². The summed E-state index contributed by atoms with van der Waals surface area (Å²) < 4.78 is 47.2. The number of pyridine rings is 1. The first-order chi connectivity index (χ1) is 9.47. The van der Waals surface area contributed by atoms with Crippen LogP contribution in [0.3, 0.4) is 0 Å². The number of anilines is 1. The Morgan fingerprint density at radius 3 is 2.60 bits per heavy atom. The Labute approximate surface area is 113 Å². The lowest BCUT2D eigenvalue weighted by Gasteiger charge is -2.12. The van der Waals surface area contributed by atoms with Gasteiger partial charge in [0.05, 0.1) is 11.4 Å². The molecule has 4 nitrogen and oxygen atoms in total. The number of nitrogens with zero attached hydrogens (tertiary/aromatic N) is 1. The molecule has 0 saturated carbocycles. The third-order valence-corrected chi connectivity index (χ3v) is 2.46. The number of ether oxygens (including phenoxy) is 2.